The Hall–Kier alpha value is -1.90. The molecule has 5 aliphatic rings. The van der Waals surface area contributed by atoms with Gasteiger partial charge in [-0.3, -0.25) is 9.79 Å². The molecule has 0 heterocycles. The van der Waals surface area contributed by atoms with Crippen LogP contribution in [0, 0.1) is 23.2 Å². The van der Waals surface area contributed by atoms with Crippen molar-refractivity contribution >= 4 is 17.8 Å². The van der Waals surface area contributed by atoms with Gasteiger partial charge in [0, 0.05) is 17.3 Å². The van der Waals surface area contributed by atoms with Crippen molar-refractivity contribution in [1.29, 1.82) is 0 Å². The van der Waals surface area contributed by atoms with Crippen LogP contribution in [-0.4, -0.2) is 23.1 Å². The van der Waals surface area contributed by atoms with Gasteiger partial charge in [-0.2, -0.15) is 0 Å². The molecule has 0 spiro atoms. The molecule has 1 aromatic carbocycles. The fraction of sp³-hybridized carbons (Fsp3) is 0.545. The molecule has 4 bridgehead atoms. The molecule has 3 heteroatoms. The van der Waals surface area contributed by atoms with Crippen LogP contribution < -0.4 is 0 Å². The molecule has 5 aliphatic carbocycles. The number of aliphatic imine (C=N–C) groups is 1. The van der Waals surface area contributed by atoms with Gasteiger partial charge in [0.05, 0.1) is 11.6 Å². The first-order valence-electron chi connectivity index (χ1n) is 9.66. The molecule has 1 aromatic rings. The molecule has 0 aromatic heterocycles. The van der Waals surface area contributed by atoms with Crippen LogP contribution in [0.25, 0.3) is 5.76 Å². The molecule has 6 rings (SSSR count). The van der Waals surface area contributed by atoms with Crippen LogP contribution in [0.15, 0.2) is 34.8 Å². The predicted octanol–water partition coefficient (Wildman–Crippen LogP) is 4.83. The van der Waals surface area contributed by atoms with E-state index in [0.29, 0.717) is 22.1 Å². The van der Waals surface area contributed by atoms with Gasteiger partial charge in [-0.05, 0) is 68.6 Å². The molecule has 3 nitrogen and oxygen atoms in total. The molecule has 1 atom stereocenters. The molecule has 1 unspecified atom stereocenters. The molecule has 4 saturated carbocycles. The van der Waals surface area contributed by atoms with Crippen LogP contribution in [0.4, 0.5) is 0 Å². The summed E-state index contributed by atoms with van der Waals surface area (Å²) in [5.41, 5.74) is 1.91. The average Bonchev–Trinajstić information content (AvgIpc) is 2.83. The largest absolute Gasteiger partial charge is 0.506 e. The van der Waals surface area contributed by atoms with Gasteiger partial charge in [0.2, 0.25) is 0 Å². The van der Waals surface area contributed by atoms with E-state index in [9.17, 15) is 9.90 Å². The van der Waals surface area contributed by atoms with Crippen LogP contribution in [0.2, 0.25) is 0 Å². The van der Waals surface area contributed by atoms with E-state index in [4.69, 9.17) is 4.99 Å². The molecule has 0 radical (unpaired) electrons. The van der Waals surface area contributed by atoms with E-state index in [-0.39, 0.29) is 17.6 Å². The standard InChI is InChI=1S/C22H25NO2/c1-13(22-9-14-6-15(10-22)8-16(7-14)11-22)23-12-19-20(24)17-4-2-3-5-18(17)21(19)25/h2-5,12-16,24H,6-11H2,1H3. The fourth-order valence-corrected chi connectivity index (χ4v) is 6.44. The second-order valence-corrected chi connectivity index (χ2v) is 8.87. The normalized spacial score (nSPS) is 37.2. The Labute approximate surface area is 148 Å². The van der Waals surface area contributed by atoms with E-state index in [1.807, 2.05) is 12.1 Å². The zero-order valence-electron chi connectivity index (χ0n) is 14.7. The molecule has 0 aliphatic heterocycles. The lowest BCUT2D eigenvalue weighted by molar-refractivity contribution is -0.0632. The Kier molecular flexibility index (Phi) is 3.25. The van der Waals surface area contributed by atoms with Gasteiger partial charge < -0.3 is 5.11 Å². The number of Topliss-reactive ketones (excluding diaryl/α,β-unsaturated/α-hetero) is 1. The number of carbonyl (C=O) groups is 1. The number of fused-ring (bicyclic) bond motifs is 1. The highest BCUT2D eigenvalue weighted by Crippen LogP contribution is 2.61. The summed E-state index contributed by atoms with van der Waals surface area (Å²) in [6.45, 7) is 2.22. The average molecular weight is 335 g/mol. The van der Waals surface area contributed by atoms with E-state index in [0.717, 1.165) is 17.8 Å². The molecule has 4 fully saturated rings. The third kappa shape index (κ3) is 2.24. The predicted molar refractivity (Wildman–Crippen MR) is 98.9 cm³/mol. The van der Waals surface area contributed by atoms with Crippen molar-refractivity contribution in [1.82, 2.24) is 0 Å². The van der Waals surface area contributed by atoms with Gasteiger partial charge in [0.15, 0.2) is 5.78 Å². The van der Waals surface area contributed by atoms with Gasteiger partial charge in [-0.15, -0.1) is 0 Å². The Morgan fingerprint density at radius 1 is 1.08 bits per heavy atom. The van der Waals surface area contributed by atoms with Crippen molar-refractivity contribution < 1.29 is 9.90 Å². The van der Waals surface area contributed by atoms with Gasteiger partial charge >= 0.3 is 0 Å². The van der Waals surface area contributed by atoms with Gasteiger partial charge in [-0.25, -0.2) is 0 Å². The van der Waals surface area contributed by atoms with E-state index in [1.165, 1.54) is 38.5 Å². The summed E-state index contributed by atoms with van der Waals surface area (Å²) in [6, 6.07) is 7.48. The maximum absolute atomic E-state index is 12.6. The highest BCUT2D eigenvalue weighted by atomic mass is 16.3. The smallest absolute Gasteiger partial charge is 0.199 e. The lowest BCUT2D eigenvalue weighted by Crippen LogP contribution is -2.50. The van der Waals surface area contributed by atoms with Crippen LogP contribution in [0.1, 0.15) is 61.4 Å². The maximum Gasteiger partial charge on any atom is 0.199 e. The number of benzene rings is 1. The number of allylic oxidation sites excluding steroid dienone is 1. The molecule has 0 saturated heterocycles. The summed E-state index contributed by atoms with van der Waals surface area (Å²) in [6.07, 6.45) is 9.84. The number of ketones is 1. The fourth-order valence-electron chi connectivity index (χ4n) is 6.44. The first-order chi connectivity index (χ1) is 12.1. The Balaban J connectivity index is 1.41. The van der Waals surface area contributed by atoms with Crippen molar-refractivity contribution in [3.05, 3.63) is 41.0 Å². The summed E-state index contributed by atoms with van der Waals surface area (Å²) >= 11 is 0. The molecule has 1 N–H and O–H groups in total. The molecular weight excluding hydrogens is 310 g/mol. The summed E-state index contributed by atoms with van der Waals surface area (Å²) in [5.74, 6) is 2.67. The second-order valence-electron chi connectivity index (χ2n) is 8.87. The Bertz CT molecular complexity index is 769. The second kappa shape index (κ2) is 5.30. The third-order valence-electron chi connectivity index (χ3n) is 7.33. The summed E-state index contributed by atoms with van der Waals surface area (Å²) < 4.78 is 0. The van der Waals surface area contributed by atoms with Crippen molar-refractivity contribution in [3.63, 3.8) is 0 Å². The van der Waals surface area contributed by atoms with Crippen molar-refractivity contribution in [2.24, 2.45) is 28.2 Å². The first kappa shape index (κ1) is 15.4. The minimum absolute atomic E-state index is 0.0852. The zero-order chi connectivity index (χ0) is 17.2. The third-order valence-corrected chi connectivity index (χ3v) is 7.33. The van der Waals surface area contributed by atoms with E-state index >= 15 is 0 Å². The molecule has 0 amide bonds. The number of aliphatic hydroxyl groups is 1. The molecule has 130 valence electrons. The van der Waals surface area contributed by atoms with Crippen LogP contribution >= 0.6 is 0 Å². The number of nitrogens with zero attached hydrogens (tertiary/aromatic N) is 1. The highest BCUT2D eigenvalue weighted by molar-refractivity contribution is 6.30. The van der Waals surface area contributed by atoms with Gasteiger partial charge in [-0.1, -0.05) is 24.3 Å². The van der Waals surface area contributed by atoms with Crippen molar-refractivity contribution in [3.8, 4) is 0 Å². The van der Waals surface area contributed by atoms with E-state index < -0.39 is 0 Å². The van der Waals surface area contributed by atoms with Crippen LogP contribution in [0.3, 0.4) is 0 Å². The van der Waals surface area contributed by atoms with E-state index in [2.05, 4.69) is 6.92 Å². The number of hydrogen-bond donors (Lipinski definition) is 1. The first-order valence-corrected chi connectivity index (χ1v) is 9.66. The highest BCUT2D eigenvalue weighted by Gasteiger charge is 2.53. The lowest BCUT2D eigenvalue weighted by atomic mass is 9.48. The number of hydrogen-bond acceptors (Lipinski definition) is 3. The number of rotatable bonds is 3. The number of aliphatic hydroxyl groups excluding tert-OH is 1. The van der Waals surface area contributed by atoms with Crippen LogP contribution in [0.5, 0.6) is 0 Å². The Morgan fingerprint density at radius 2 is 1.64 bits per heavy atom. The monoisotopic (exact) mass is 335 g/mol. The van der Waals surface area contributed by atoms with E-state index in [1.54, 1.807) is 18.3 Å². The summed E-state index contributed by atoms with van der Waals surface area (Å²) in [7, 11) is 0. The van der Waals surface area contributed by atoms with Crippen molar-refractivity contribution in [2.45, 2.75) is 51.5 Å². The van der Waals surface area contributed by atoms with Crippen molar-refractivity contribution in [2.75, 3.05) is 0 Å². The minimum atomic E-state index is -0.102. The quantitative estimate of drug-likeness (QED) is 0.805. The minimum Gasteiger partial charge on any atom is -0.506 e. The lowest BCUT2D eigenvalue weighted by Gasteiger charge is -2.58. The summed E-state index contributed by atoms with van der Waals surface area (Å²) in [5, 5.41) is 10.4. The van der Waals surface area contributed by atoms with Crippen LogP contribution in [-0.2, 0) is 0 Å². The van der Waals surface area contributed by atoms with Gasteiger partial charge in [0.25, 0.3) is 0 Å². The molecule has 25 heavy (non-hydrogen) atoms. The SMILES string of the molecule is CC(N=CC1=C(O)c2ccccc2C1=O)C12CC3CC(CC(C3)C1)C2. The topological polar surface area (TPSA) is 49.7 Å². The number of carbonyl (C=O) groups excluding carboxylic acids is 1. The maximum atomic E-state index is 12.6. The Morgan fingerprint density at radius 3 is 2.20 bits per heavy atom. The van der Waals surface area contributed by atoms with Gasteiger partial charge in [0.1, 0.15) is 5.76 Å². The summed E-state index contributed by atoms with van der Waals surface area (Å²) in [4.78, 5) is 17.4. The zero-order valence-corrected chi connectivity index (χ0v) is 14.7. The molecular formula is C22H25NO2.